The van der Waals surface area contributed by atoms with Crippen molar-refractivity contribution in [2.45, 2.75) is 23.2 Å². The van der Waals surface area contributed by atoms with E-state index in [1.54, 1.807) is 12.1 Å². The molecule has 182 valence electrons. The number of carbonyl (C=O) groups is 1. The Morgan fingerprint density at radius 2 is 1.89 bits per heavy atom. The van der Waals surface area contributed by atoms with Gasteiger partial charge in [-0.25, -0.2) is 0 Å². The van der Waals surface area contributed by atoms with Crippen LogP contribution in [0.5, 0.6) is 11.5 Å². The zero-order valence-corrected chi connectivity index (χ0v) is 20.5. The Balaban J connectivity index is 1.84. The zero-order valence-electron chi connectivity index (χ0n) is 18.9. The monoisotopic (exact) mass is 540 g/mol. The maximum atomic E-state index is 13.5. The normalized spacial score (nSPS) is 28.7. The van der Waals surface area contributed by atoms with Crippen molar-refractivity contribution >= 4 is 21.8 Å². The fourth-order valence-electron chi connectivity index (χ4n) is 5.68. The highest BCUT2D eigenvalue weighted by Crippen LogP contribution is 2.69. The Hall–Kier alpha value is -2.98. The number of aromatic nitrogens is 1. The molecule has 3 aromatic rings. The number of nitrogens with one attached hydrogen (secondary N) is 1. The van der Waals surface area contributed by atoms with Crippen molar-refractivity contribution in [3.05, 3.63) is 88.2 Å². The van der Waals surface area contributed by atoms with Gasteiger partial charge in [-0.2, -0.15) is 0 Å². The summed E-state index contributed by atoms with van der Waals surface area (Å²) in [5, 5.41) is 36.4. The molecule has 35 heavy (non-hydrogen) atoms. The number of aliphatic hydroxyl groups is 3. The number of fused-ring (bicyclic) bond motifs is 3. The van der Waals surface area contributed by atoms with Gasteiger partial charge in [-0.15, -0.1) is 0 Å². The van der Waals surface area contributed by atoms with Crippen LogP contribution in [0.1, 0.15) is 22.6 Å². The Morgan fingerprint density at radius 3 is 2.54 bits per heavy atom. The average Bonchev–Trinajstić information content (AvgIpc) is 3.26. The number of hydrogen-bond acceptors (Lipinski definition) is 7. The van der Waals surface area contributed by atoms with Crippen molar-refractivity contribution in [2.24, 2.45) is 5.92 Å². The van der Waals surface area contributed by atoms with Gasteiger partial charge in [0.15, 0.2) is 11.2 Å². The van der Waals surface area contributed by atoms with E-state index < -0.39 is 35.0 Å². The third-order valence-corrected chi connectivity index (χ3v) is 7.55. The van der Waals surface area contributed by atoms with Crippen LogP contribution in [0.3, 0.4) is 0 Å². The summed E-state index contributed by atoms with van der Waals surface area (Å²) in [7, 11) is 1.45. The summed E-state index contributed by atoms with van der Waals surface area (Å²) in [6, 6.07) is 16.5. The molecule has 2 heterocycles. The predicted octanol–water partition coefficient (Wildman–Crippen LogP) is 2.21. The van der Waals surface area contributed by atoms with Crippen molar-refractivity contribution in [2.75, 3.05) is 20.3 Å². The van der Waals surface area contributed by atoms with E-state index in [-0.39, 0.29) is 30.2 Å². The van der Waals surface area contributed by atoms with Gasteiger partial charge in [0.05, 0.1) is 37.6 Å². The van der Waals surface area contributed by atoms with E-state index in [0.29, 0.717) is 11.1 Å². The molecule has 2 aliphatic rings. The number of ether oxygens (including phenoxy) is 2. The van der Waals surface area contributed by atoms with Crippen LogP contribution in [0.2, 0.25) is 0 Å². The van der Waals surface area contributed by atoms with Gasteiger partial charge < -0.3 is 30.1 Å². The molecule has 0 radical (unpaired) electrons. The fraction of sp³-hybridized carbons (Fsp3) is 0.308. The lowest BCUT2D eigenvalue weighted by Gasteiger charge is -2.40. The number of amides is 1. The van der Waals surface area contributed by atoms with Gasteiger partial charge in [0.2, 0.25) is 5.91 Å². The number of methoxy groups -OCH3 is 1. The van der Waals surface area contributed by atoms with E-state index in [1.807, 2.05) is 42.5 Å². The summed E-state index contributed by atoms with van der Waals surface area (Å²) in [5.41, 5.74) is -2.13. The SMILES string of the molecule is COc1cncc2c1C1(O)C(O)C(C(=O)NCCO)C(c3ccccc3)C1(c1ccc(Br)cc1)O2. The molecule has 1 fully saturated rings. The van der Waals surface area contributed by atoms with Gasteiger partial charge in [-0.3, -0.25) is 9.78 Å². The number of nitrogens with zero attached hydrogens (tertiary/aromatic N) is 1. The summed E-state index contributed by atoms with van der Waals surface area (Å²) in [4.78, 5) is 17.7. The number of halogens is 1. The first-order valence-corrected chi connectivity index (χ1v) is 12.0. The highest BCUT2D eigenvalue weighted by molar-refractivity contribution is 9.10. The minimum Gasteiger partial charge on any atom is -0.495 e. The van der Waals surface area contributed by atoms with Crippen molar-refractivity contribution < 1.29 is 29.6 Å². The molecule has 4 N–H and O–H groups in total. The lowest BCUT2D eigenvalue weighted by Crippen LogP contribution is -2.52. The molecular weight excluding hydrogens is 516 g/mol. The topological polar surface area (TPSA) is 121 Å². The van der Waals surface area contributed by atoms with E-state index in [4.69, 9.17) is 9.47 Å². The number of aliphatic hydroxyl groups excluding tert-OH is 2. The highest BCUT2D eigenvalue weighted by atomic mass is 79.9. The summed E-state index contributed by atoms with van der Waals surface area (Å²) < 4.78 is 13.0. The molecule has 1 aromatic heterocycles. The van der Waals surface area contributed by atoms with Crippen LogP contribution in [0, 0.1) is 5.92 Å². The van der Waals surface area contributed by atoms with E-state index in [2.05, 4.69) is 26.2 Å². The molecule has 1 aliphatic carbocycles. The number of carbonyl (C=O) groups excluding carboxylic acids is 1. The molecule has 0 saturated heterocycles. The van der Waals surface area contributed by atoms with Gasteiger partial charge in [-0.05, 0) is 23.3 Å². The van der Waals surface area contributed by atoms with Gasteiger partial charge >= 0.3 is 0 Å². The minimum absolute atomic E-state index is 0.0119. The van der Waals surface area contributed by atoms with Crippen LogP contribution >= 0.6 is 15.9 Å². The number of pyridine rings is 1. The van der Waals surface area contributed by atoms with Gasteiger partial charge in [0, 0.05) is 16.9 Å². The summed E-state index contributed by atoms with van der Waals surface area (Å²) in [6.07, 6.45) is 1.35. The molecule has 9 heteroatoms. The molecule has 5 unspecified atom stereocenters. The molecule has 8 nitrogen and oxygen atoms in total. The number of rotatable bonds is 6. The Labute approximate surface area is 210 Å². The van der Waals surface area contributed by atoms with Gasteiger partial charge in [0.25, 0.3) is 0 Å². The molecule has 1 amide bonds. The first kappa shape index (κ1) is 23.7. The number of hydrogen-bond donors (Lipinski definition) is 4. The first-order valence-electron chi connectivity index (χ1n) is 11.2. The van der Waals surface area contributed by atoms with Crippen molar-refractivity contribution in [1.82, 2.24) is 10.3 Å². The molecule has 5 rings (SSSR count). The second-order valence-electron chi connectivity index (χ2n) is 8.70. The van der Waals surface area contributed by atoms with Gasteiger partial charge in [-0.1, -0.05) is 58.4 Å². The fourth-order valence-corrected chi connectivity index (χ4v) is 5.95. The van der Waals surface area contributed by atoms with Crippen molar-refractivity contribution in [3.63, 3.8) is 0 Å². The Kier molecular flexibility index (Phi) is 6.04. The smallest absolute Gasteiger partial charge is 0.226 e. The molecule has 1 aliphatic heterocycles. The van der Waals surface area contributed by atoms with Crippen LogP contribution in [-0.2, 0) is 16.0 Å². The average molecular weight is 541 g/mol. The Bertz CT molecular complexity index is 1240. The van der Waals surface area contributed by atoms with Crippen LogP contribution in [0.15, 0.2) is 71.5 Å². The molecule has 2 aromatic carbocycles. The largest absolute Gasteiger partial charge is 0.495 e. The van der Waals surface area contributed by atoms with Crippen molar-refractivity contribution in [3.8, 4) is 11.5 Å². The molecule has 1 saturated carbocycles. The molecule has 0 bridgehead atoms. The van der Waals surface area contributed by atoms with E-state index in [1.165, 1.54) is 19.5 Å². The minimum atomic E-state index is -2.06. The summed E-state index contributed by atoms with van der Waals surface area (Å²) in [5.74, 6) is -1.91. The van der Waals surface area contributed by atoms with Crippen LogP contribution in [-0.4, -0.2) is 52.6 Å². The lowest BCUT2D eigenvalue weighted by atomic mass is 9.70. The third-order valence-electron chi connectivity index (χ3n) is 7.03. The van der Waals surface area contributed by atoms with Crippen LogP contribution in [0.25, 0.3) is 0 Å². The van der Waals surface area contributed by atoms with Crippen LogP contribution < -0.4 is 14.8 Å². The summed E-state index contributed by atoms with van der Waals surface area (Å²) >= 11 is 3.45. The highest BCUT2D eigenvalue weighted by Gasteiger charge is 2.78. The van der Waals surface area contributed by atoms with Crippen LogP contribution in [0.4, 0.5) is 0 Å². The second kappa shape index (κ2) is 8.91. The number of benzene rings is 2. The maximum absolute atomic E-state index is 13.5. The van der Waals surface area contributed by atoms with E-state index >= 15 is 0 Å². The third kappa shape index (κ3) is 3.30. The Morgan fingerprint density at radius 1 is 1.17 bits per heavy atom. The maximum Gasteiger partial charge on any atom is 0.226 e. The predicted molar refractivity (Wildman–Crippen MR) is 130 cm³/mol. The first-order chi connectivity index (χ1) is 16.9. The zero-order chi connectivity index (χ0) is 24.8. The van der Waals surface area contributed by atoms with Crippen molar-refractivity contribution in [1.29, 1.82) is 0 Å². The van der Waals surface area contributed by atoms with E-state index in [9.17, 15) is 20.1 Å². The summed E-state index contributed by atoms with van der Waals surface area (Å²) in [6.45, 7) is -0.247. The quantitative estimate of drug-likeness (QED) is 0.378. The molecule has 0 spiro atoms. The molecule has 5 atom stereocenters. The second-order valence-corrected chi connectivity index (χ2v) is 9.62. The van der Waals surface area contributed by atoms with Gasteiger partial charge in [0.1, 0.15) is 17.6 Å². The van der Waals surface area contributed by atoms with E-state index in [0.717, 1.165) is 4.47 Å². The lowest BCUT2D eigenvalue weighted by molar-refractivity contribution is -0.154. The standard InChI is InChI=1S/C26H25BrN2O6/c1-34-18-13-28-14-19-22(18)25(33)23(31)20(24(32)29-11-12-30)21(15-5-3-2-4-6-15)26(25,35-19)16-7-9-17(27)10-8-16/h2-10,13-14,20-21,23,30-31,33H,11-12H2,1H3,(H,29,32). The molecular formula is C26H25BrN2O6.